The van der Waals surface area contributed by atoms with Gasteiger partial charge in [-0.1, -0.05) is 57.2 Å². The molecule has 2 aromatic carbocycles. The third-order valence-electron chi connectivity index (χ3n) is 6.03. The molecule has 0 amide bonds. The van der Waals surface area contributed by atoms with Gasteiger partial charge in [-0.3, -0.25) is 4.79 Å². The summed E-state index contributed by atoms with van der Waals surface area (Å²) in [5.74, 6) is 1.33. The zero-order valence-corrected chi connectivity index (χ0v) is 18.4. The van der Waals surface area contributed by atoms with Crippen LogP contribution in [0.15, 0.2) is 54.6 Å². The predicted molar refractivity (Wildman–Crippen MR) is 119 cm³/mol. The van der Waals surface area contributed by atoms with Crippen molar-refractivity contribution in [2.45, 2.75) is 52.1 Å². The molecule has 0 heterocycles. The molecule has 160 valence electrons. The minimum absolute atomic E-state index is 0.102. The van der Waals surface area contributed by atoms with Crippen LogP contribution in [-0.4, -0.2) is 23.6 Å². The van der Waals surface area contributed by atoms with Gasteiger partial charge in [0.25, 0.3) is 0 Å². The molecule has 1 aliphatic rings. The van der Waals surface area contributed by atoms with Crippen LogP contribution in [0.4, 0.5) is 0 Å². The Morgan fingerprint density at radius 2 is 1.97 bits per heavy atom. The Morgan fingerprint density at radius 1 is 1.23 bits per heavy atom. The molecule has 0 aliphatic heterocycles. The highest BCUT2D eigenvalue weighted by molar-refractivity contribution is 6.01. The van der Waals surface area contributed by atoms with Gasteiger partial charge in [-0.05, 0) is 42.7 Å². The fourth-order valence-corrected chi connectivity index (χ4v) is 3.93. The van der Waals surface area contributed by atoms with E-state index in [1.807, 2.05) is 30.3 Å². The number of methoxy groups -OCH3 is 1. The molecule has 1 unspecified atom stereocenters. The molecule has 4 nitrogen and oxygen atoms in total. The van der Waals surface area contributed by atoms with Crippen molar-refractivity contribution in [3.8, 4) is 17.2 Å². The molecule has 0 radical (unpaired) electrons. The summed E-state index contributed by atoms with van der Waals surface area (Å²) < 4.78 is 11.9. The number of hydrogen-bond donors (Lipinski definition) is 1. The molecule has 1 N–H and O–H groups in total. The first-order valence-electron chi connectivity index (χ1n) is 10.7. The van der Waals surface area contributed by atoms with E-state index >= 15 is 0 Å². The van der Waals surface area contributed by atoms with Gasteiger partial charge in [-0.15, -0.1) is 0 Å². The summed E-state index contributed by atoms with van der Waals surface area (Å²) in [4.78, 5) is 13.1. The van der Waals surface area contributed by atoms with Gasteiger partial charge in [0.1, 0.15) is 28.4 Å². The van der Waals surface area contributed by atoms with Crippen molar-refractivity contribution in [3.63, 3.8) is 0 Å². The van der Waals surface area contributed by atoms with Gasteiger partial charge >= 0.3 is 0 Å². The third kappa shape index (κ3) is 4.86. The fraction of sp³-hybridized carbons (Fsp3) is 0.423. The lowest BCUT2D eigenvalue weighted by molar-refractivity contribution is 0.0489. The Morgan fingerprint density at radius 3 is 2.57 bits per heavy atom. The summed E-state index contributed by atoms with van der Waals surface area (Å²) in [6.45, 7) is 6.44. The molecule has 0 saturated carbocycles. The largest absolute Gasteiger partial charge is 0.507 e. The standard InChI is InChI=1S/C26H32O4/c1-18(2)26(14-12-19(3)13-15-26)30-24-17-21(29-4)16-23(28)25(24)22(27)11-10-20-8-6-5-7-9-20/h5-9,12,14,16-19,28H,10-11,13,15H2,1-4H3/t19?,26-/m0/s1. The Bertz CT molecular complexity index is 901. The number of Topliss-reactive ketones (excluding diaryl/α,β-unsaturated/α-hetero) is 1. The second-order valence-electron chi connectivity index (χ2n) is 8.52. The number of aromatic hydroxyl groups is 1. The molecule has 3 rings (SSSR count). The van der Waals surface area contributed by atoms with Crippen molar-refractivity contribution in [2.75, 3.05) is 7.11 Å². The van der Waals surface area contributed by atoms with Crippen LogP contribution in [0.25, 0.3) is 0 Å². The van der Waals surface area contributed by atoms with E-state index in [1.54, 1.807) is 6.07 Å². The first-order chi connectivity index (χ1) is 14.3. The number of rotatable bonds is 8. The summed E-state index contributed by atoms with van der Waals surface area (Å²) in [7, 11) is 1.54. The van der Waals surface area contributed by atoms with Crippen LogP contribution in [-0.2, 0) is 6.42 Å². The number of carbonyl (C=O) groups excluding carboxylic acids is 1. The number of benzene rings is 2. The monoisotopic (exact) mass is 408 g/mol. The lowest BCUT2D eigenvalue weighted by Crippen LogP contribution is -2.42. The summed E-state index contributed by atoms with van der Waals surface area (Å²) in [5, 5.41) is 10.7. The molecule has 0 fully saturated rings. The van der Waals surface area contributed by atoms with E-state index in [4.69, 9.17) is 9.47 Å². The predicted octanol–water partition coefficient (Wildman–Crippen LogP) is 5.98. The van der Waals surface area contributed by atoms with Crippen LogP contribution >= 0.6 is 0 Å². The molecule has 30 heavy (non-hydrogen) atoms. The van der Waals surface area contributed by atoms with Crippen LogP contribution in [0.1, 0.15) is 56.0 Å². The second-order valence-corrected chi connectivity index (χ2v) is 8.52. The lowest BCUT2D eigenvalue weighted by Gasteiger charge is -2.39. The Balaban J connectivity index is 1.93. The fourth-order valence-electron chi connectivity index (χ4n) is 3.93. The zero-order valence-electron chi connectivity index (χ0n) is 18.4. The molecule has 2 atom stereocenters. The maximum atomic E-state index is 13.1. The first kappa shape index (κ1) is 21.9. The third-order valence-corrected chi connectivity index (χ3v) is 6.03. The Labute approximate surface area is 179 Å². The number of ketones is 1. The van der Waals surface area contributed by atoms with Gasteiger partial charge in [0.2, 0.25) is 0 Å². The van der Waals surface area contributed by atoms with Crippen LogP contribution in [0, 0.1) is 11.8 Å². The summed E-state index contributed by atoms with van der Waals surface area (Å²) in [5.41, 5.74) is 0.808. The molecule has 0 saturated heterocycles. The van der Waals surface area contributed by atoms with Crippen molar-refractivity contribution in [1.29, 1.82) is 0 Å². The van der Waals surface area contributed by atoms with Crippen molar-refractivity contribution in [3.05, 3.63) is 65.7 Å². The minimum atomic E-state index is -0.514. The topological polar surface area (TPSA) is 55.8 Å². The van der Waals surface area contributed by atoms with E-state index in [2.05, 4.69) is 32.9 Å². The quantitative estimate of drug-likeness (QED) is 0.431. The molecule has 2 aromatic rings. The van der Waals surface area contributed by atoms with Crippen molar-refractivity contribution in [1.82, 2.24) is 0 Å². The van der Waals surface area contributed by atoms with E-state index in [0.717, 1.165) is 18.4 Å². The van der Waals surface area contributed by atoms with Crippen LogP contribution in [0.5, 0.6) is 17.2 Å². The lowest BCUT2D eigenvalue weighted by atomic mass is 9.78. The summed E-state index contributed by atoms with van der Waals surface area (Å²) >= 11 is 0. The highest BCUT2D eigenvalue weighted by Crippen LogP contribution is 2.41. The number of aryl methyl sites for hydroxylation is 1. The van der Waals surface area contributed by atoms with Crippen LogP contribution < -0.4 is 9.47 Å². The number of phenols is 1. The van der Waals surface area contributed by atoms with Gasteiger partial charge in [0.05, 0.1) is 7.11 Å². The number of carbonyl (C=O) groups is 1. The van der Waals surface area contributed by atoms with E-state index in [-0.39, 0.29) is 23.0 Å². The molecule has 4 heteroatoms. The van der Waals surface area contributed by atoms with Gasteiger partial charge in [0.15, 0.2) is 5.78 Å². The SMILES string of the molecule is COc1cc(O)c(C(=O)CCc2ccccc2)c(O[C@@]2(C(C)C)C=CC(C)CC2)c1. The van der Waals surface area contributed by atoms with E-state index < -0.39 is 5.60 Å². The number of phenolic OH excluding ortho intramolecular Hbond substituents is 1. The molecule has 0 aromatic heterocycles. The van der Waals surface area contributed by atoms with Gasteiger partial charge in [-0.25, -0.2) is 0 Å². The Kier molecular flexibility index (Phi) is 6.86. The van der Waals surface area contributed by atoms with Crippen molar-refractivity contribution in [2.24, 2.45) is 11.8 Å². The summed E-state index contributed by atoms with van der Waals surface area (Å²) in [6.07, 6.45) is 7.08. The highest BCUT2D eigenvalue weighted by Gasteiger charge is 2.37. The molecule has 0 spiro atoms. The maximum absolute atomic E-state index is 13.1. The molecular weight excluding hydrogens is 376 g/mol. The summed E-state index contributed by atoms with van der Waals surface area (Å²) in [6, 6.07) is 13.1. The van der Waals surface area contributed by atoms with Crippen molar-refractivity contribution >= 4 is 5.78 Å². The maximum Gasteiger partial charge on any atom is 0.170 e. The van der Waals surface area contributed by atoms with Gasteiger partial charge in [0, 0.05) is 18.6 Å². The van der Waals surface area contributed by atoms with Crippen LogP contribution in [0.3, 0.4) is 0 Å². The molecular formula is C26H32O4. The Hall–Kier alpha value is -2.75. The van der Waals surface area contributed by atoms with E-state index in [0.29, 0.717) is 30.3 Å². The smallest absolute Gasteiger partial charge is 0.170 e. The van der Waals surface area contributed by atoms with Crippen LogP contribution in [0.2, 0.25) is 0 Å². The van der Waals surface area contributed by atoms with Crippen molar-refractivity contribution < 1.29 is 19.4 Å². The van der Waals surface area contributed by atoms with Gasteiger partial charge < -0.3 is 14.6 Å². The molecule has 1 aliphatic carbocycles. The zero-order chi connectivity index (χ0) is 21.7. The minimum Gasteiger partial charge on any atom is -0.507 e. The van der Waals surface area contributed by atoms with E-state index in [9.17, 15) is 9.90 Å². The average molecular weight is 409 g/mol. The van der Waals surface area contributed by atoms with Gasteiger partial charge in [-0.2, -0.15) is 0 Å². The molecule has 0 bridgehead atoms. The van der Waals surface area contributed by atoms with E-state index in [1.165, 1.54) is 13.2 Å². The number of allylic oxidation sites excluding steroid dienone is 1. The number of hydrogen-bond acceptors (Lipinski definition) is 4. The highest BCUT2D eigenvalue weighted by atomic mass is 16.5. The second kappa shape index (κ2) is 9.38. The first-order valence-corrected chi connectivity index (χ1v) is 10.7. The average Bonchev–Trinajstić information content (AvgIpc) is 2.74. The normalized spacial score (nSPS) is 20.9. The number of ether oxygens (including phenoxy) is 2.